The van der Waals surface area contributed by atoms with Crippen LogP contribution < -0.4 is 4.90 Å². The van der Waals surface area contributed by atoms with Crippen molar-refractivity contribution in [3.05, 3.63) is 29.3 Å². The summed E-state index contributed by atoms with van der Waals surface area (Å²) in [5, 5.41) is 9.44. The van der Waals surface area contributed by atoms with Gasteiger partial charge in [-0.2, -0.15) is 0 Å². The zero-order valence-electron chi connectivity index (χ0n) is 14.1. The molecule has 1 aromatic rings. The van der Waals surface area contributed by atoms with Gasteiger partial charge in [-0.3, -0.25) is 4.79 Å². The fraction of sp³-hybridized carbons (Fsp3) is 0.632. The monoisotopic (exact) mass is 301 g/mol. The molecule has 2 atom stereocenters. The van der Waals surface area contributed by atoms with Gasteiger partial charge in [-0.05, 0) is 41.4 Å². The summed E-state index contributed by atoms with van der Waals surface area (Å²) in [5.74, 6) is 0.614. The molecule has 22 heavy (non-hydrogen) atoms. The molecule has 3 nitrogen and oxygen atoms in total. The number of amides is 1. The minimum atomic E-state index is -0.118. The average molecular weight is 301 g/mol. The molecule has 1 N–H and O–H groups in total. The number of anilines is 1. The molecule has 1 aromatic carbocycles. The van der Waals surface area contributed by atoms with E-state index in [-0.39, 0.29) is 23.3 Å². The van der Waals surface area contributed by atoms with Crippen LogP contribution in [0.1, 0.15) is 58.1 Å². The molecule has 2 aliphatic rings. The van der Waals surface area contributed by atoms with E-state index in [2.05, 4.69) is 45.9 Å². The number of aliphatic hydroxyl groups excluding tert-OH is 1. The topological polar surface area (TPSA) is 40.5 Å². The predicted octanol–water partition coefficient (Wildman–Crippen LogP) is 3.38. The summed E-state index contributed by atoms with van der Waals surface area (Å²) in [4.78, 5) is 14.4. The summed E-state index contributed by atoms with van der Waals surface area (Å²) in [7, 11) is 0. The molecule has 1 heterocycles. The Labute approximate surface area is 133 Å². The van der Waals surface area contributed by atoms with E-state index in [1.165, 1.54) is 11.1 Å². The van der Waals surface area contributed by atoms with Gasteiger partial charge in [-0.15, -0.1) is 0 Å². The average Bonchev–Trinajstić information content (AvgIpc) is 3.15. The molecular weight excluding hydrogens is 274 g/mol. The lowest BCUT2D eigenvalue weighted by Gasteiger charge is -2.39. The number of carbonyl (C=O) groups excluding carboxylic acids is 1. The zero-order valence-corrected chi connectivity index (χ0v) is 14.1. The van der Waals surface area contributed by atoms with Gasteiger partial charge in [-0.1, -0.05) is 39.8 Å². The molecule has 1 amide bonds. The number of aliphatic hydroxyl groups is 1. The highest BCUT2D eigenvalue weighted by Crippen LogP contribution is 2.55. The van der Waals surface area contributed by atoms with Crippen molar-refractivity contribution in [2.24, 2.45) is 5.92 Å². The molecule has 0 saturated heterocycles. The Bertz CT molecular complexity index is 607. The molecule has 1 fully saturated rings. The first-order valence-corrected chi connectivity index (χ1v) is 8.39. The highest BCUT2D eigenvalue weighted by Gasteiger charge is 2.51. The molecule has 1 aliphatic heterocycles. The minimum absolute atomic E-state index is 0.108. The fourth-order valence-electron chi connectivity index (χ4n) is 3.91. The van der Waals surface area contributed by atoms with Crippen LogP contribution in [0.25, 0.3) is 0 Å². The molecule has 0 bridgehead atoms. The number of hydrogen-bond acceptors (Lipinski definition) is 2. The lowest BCUT2D eigenvalue weighted by Crippen LogP contribution is -2.42. The van der Waals surface area contributed by atoms with E-state index in [4.69, 9.17) is 0 Å². The molecule has 0 aromatic heterocycles. The minimum Gasteiger partial charge on any atom is -0.396 e. The predicted molar refractivity (Wildman–Crippen MR) is 89.3 cm³/mol. The largest absolute Gasteiger partial charge is 0.396 e. The Morgan fingerprint density at radius 1 is 1.32 bits per heavy atom. The fourth-order valence-corrected chi connectivity index (χ4v) is 3.91. The van der Waals surface area contributed by atoms with Crippen LogP contribution in [0.3, 0.4) is 0 Å². The molecule has 3 rings (SSSR count). The van der Waals surface area contributed by atoms with Crippen molar-refractivity contribution in [1.82, 2.24) is 0 Å². The van der Waals surface area contributed by atoms with E-state index in [1.54, 1.807) is 0 Å². The summed E-state index contributed by atoms with van der Waals surface area (Å²) in [6.45, 7) is 9.72. The second kappa shape index (κ2) is 5.09. The van der Waals surface area contributed by atoms with Gasteiger partial charge in [-0.25, -0.2) is 0 Å². The van der Waals surface area contributed by atoms with E-state index in [9.17, 15) is 9.90 Å². The van der Waals surface area contributed by atoms with E-state index in [0.29, 0.717) is 12.3 Å². The number of nitrogens with zero attached hydrogens (tertiary/aromatic N) is 1. The second-order valence-electron chi connectivity index (χ2n) is 7.84. The third kappa shape index (κ3) is 2.26. The van der Waals surface area contributed by atoms with Gasteiger partial charge in [0.15, 0.2) is 0 Å². The third-order valence-electron chi connectivity index (χ3n) is 5.65. The van der Waals surface area contributed by atoms with Gasteiger partial charge >= 0.3 is 0 Å². The summed E-state index contributed by atoms with van der Waals surface area (Å²) >= 11 is 0. The maximum Gasteiger partial charge on any atom is 0.227 e. The highest BCUT2D eigenvalue weighted by atomic mass is 16.3. The van der Waals surface area contributed by atoms with Gasteiger partial charge < -0.3 is 10.0 Å². The summed E-state index contributed by atoms with van der Waals surface area (Å²) in [6, 6.07) is 6.57. The lowest BCUT2D eigenvalue weighted by molar-refractivity contribution is -0.120. The van der Waals surface area contributed by atoms with Crippen molar-refractivity contribution < 1.29 is 9.90 Å². The van der Waals surface area contributed by atoms with Crippen LogP contribution in [0.5, 0.6) is 0 Å². The van der Waals surface area contributed by atoms with Crippen molar-refractivity contribution in [1.29, 1.82) is 0 Å². The summed E-state index contributed by atoms with van der Waals surface area (Å²) < 4.78 is 0. The van der Waals surface area contributed by atoms with E-state index in [0.717, 1.165) is 25.1 Å². The Balaban J connectivity index is 2.04. The highest BCUT2D eigenvalue weighted by molar-refractivity contribution is 5.97. The SMILES string of the molecule is CCCN1C(=O)CC(C)(C)c2cc([C@@]3(C)C[C@@H]3CO)ccc21. The number of hydrogen-bond donors (Lipinski definition) is 1. The first-order valence-electron chi connectivity index (χ1n) is 8.39. The zero-order chi connectivity index (χ0) is 16.1. The number of fused-ring (bicyclic) bond motifs is 1. The van der Waals surface area contributed by atoms with Crippen LogP contribution in [0.15, 0.2) is 18.2 Å². The van der Waals surface area contributed by atoms with Crippen molar-refractivity contribution in [3.8, 4) is 0 Å². The van der Waals surface area contributed by atoms with Crippen LogP contribution in [0, 0.1) is 5.92 Å². The van der Waals surface area contributed by atoms with E-state index >= 15 is 0 Å². The van der Waals surface area contributed by atoms with Crippen molar-refractivity contribution in [2.45, 2.75) is 57.8 Å². The standard InChI is InChI=1S/C19H27NO2/c1-5-8-20-16-7-6-13(19(4)10-14(19)12-21)9-15(16)18(2,3)11-17(20)22/h6-7,9,14,21H,5,8,10-12H2,1-4H3/t14-,19-/m1/s1. The van der Waals surface area contributed by atoms with Crippen LogP contribution in [-0.2, 0) is 15.6 Å². The maximum absolute atomic E-state index is 12.4. The van der Waals surface area contributed by atoms with Gasteiger partial charge in [0, 0.05) is 30.7 Å². The van der Waals surface area contributed by atoms with Gasteiger partial charge in [0.2, 0.25) is 5.91 Å². The smallest absolute Gasteiger partial charge is 0.227 e. The van der Waals surface area contributed by atoms with Gasteiger partial charge in [0.1, 0.15) is 0 Å². The lowest BCUT2D eigenvalue weighted by atomic mass is 9.75. The number of rotatable bonds is 4. The van der Waals surface area contributed by atoms with E-state index in [1.807, 2.05) is 4.90 Å². The quantitative estimate of drug-likeness (QED) is 0.926. The second-order valence-corrected chi connectivity index (χ2v) is 7.84. The Morgan fingerprint density at radius 2 is 2.05 bits per heavy atom. The first kappa shape index (κ1) is 15.5. The molecule has 1 saturated carbocycles. The molecule has 0 radical (unpaired) electrons. The summed E-state index contributed by atoms with van der Waals surface area (Å²) in [5.41, 5.74) is 3.66. The molecule has 0 spiro atoms. The van der Waals surface area contributed by atoms with Gasteiger partial charge in [0.25, 0.3) is 0 Å². The normalized spacial score (nSPS) is 29.4. The Morgan fingerprint density at radius 3 is 2.64 bits per heavy atom. The van der Waals surface area contributed by atoms with Crippen LogP contribution in [-0.4, -0.2) is 24.2 Å². The maximum atomic E-state index is 12.4. The third-order valence-corrected chi connectivity index (χ3v) is 5.65. The van der Waals surface area contributed by atoms with E-state index < -0.39 is 0 Å². The number of benzene rings is 1. The van der Waals surface area contributed by atoms with Crippen molar-refractivity contribution >= 4 is 11.6 Å². The Kier molecular flexibility index (Phi) is 3.59. The molecule has 0 unspecified atom stereocenters. The van der Waals surface area contributed by atoms with Crippen molar-refractivity contribution in [2.75, 3.05) is 18.1 Å². The first-order chi connectivity index (χ1) is 10.3. The molecule has 120 valence electrons. The summed E-state index contributed by atoms with van der Waals surface area (Å²) in [6.07, 6.45) is 2.60. The molecular formula is C19H27NO2. The molecule has 1 aliphatic carbocycles. The van der Waals surface area contributed by atoms with Gasteiger partial charge in [0.05, 0.1) is 0 Å². The number of carbonyl (C=O) groups is 1. The molecule has 3 heteroatoms. The van der Waals surface area contributed by atoms with Crippen LogP contribution in [0.2, 0.25) is 0 Å². The van der Waals surface area contributed by atoms with Crippen LogP contribution >= 0.6 is 0 Å². The Hall–Kier alpha value is -1.35. The van der Waals surface area contributed by atoms with Crippen LogP contribution in [0.4, 0.5) is 5.69 Å². The van der Waals surface area contributed by atoms with Crippen molar-refractivity contribution in [3.63, 3.8) is 0 Å².